The molecule has 0 aliphatic rings. The molecule has 1 N–H and O–H groups in total. The normalized spacial score (nSPS) is 11.2. The van der Waals surface area contributed by atoms with Gasteiger partial charge >= 0.3 is 0 Å². The first-order valence-electron chi connectivity index (χ1n) is 10.3. The third-order valence-electron chi connectivity index (χ3n) is 4.56. The Hall–Kier alpha value is -3.36. The Labute approximate surface area is 188 Å². The summed E-state index contributed by atoms with van der Waals surface area (Å²) in [6.07, 6.45) is 0. The first-order chi connectivity index (χ1) is 15.4. The van der Waals surface area contributed by atoms with Crippen LogP contribution in [-0.2, 0) is 14.8 Å². The van der Waals surface area contributed by atoms with Crippen molar-refractivity contribution in [3.63, 3.8) is 0 Å². The predicted octanol–water partition coefficient (Wildman–Crippen LogP) is 4.53. The number of carbonyl (C=O) groups excluding carboxylic acids is 1. The molecule has 0 bridgehead atoms. The molecule has 0 unspecified atom stereocenters. The summed E-state index contributed by atoms with van der Waals surface area (Å²) >= 11 is 0. The van der Waals surface area contributed by atoms with Crippen LogP contribution in [-0.4, -0.2) is 38.3 Å². The molecule has 1 amide bonds. The van der Waals surface area contributed by atoms with Crippen molar-refractivity contribution in [2.45, 2.75) is 18.7 Å². The Morgan fingerprint density at radius 3 is 2.03 bits per heavy atom. The van der Waals surface area contributed by atoms with E-state index in [9.17, 15) is 13.2 Å². The van der Waals surface area contributed by atoms with Crippen LogP contribution in [0.25, 0.3) is 0 Å². The first-order valence-corrected chi connectivity index (χ1v) is 11.7. The zero-order valence-corrected chi connectivity index (χ0v) is 18.8. The number of benzene rings is 3. The highest BCUT2D eigenvalue weighted by Crippen LogP contribution is 2.23. The molecular formula is C24H26N2O5S. The van der Waals surface area contributed by atoms with Gasteiger partial charge in [0.1, 0.15) is 17.2 Å². The number of ether oxygens (including phenoxy) is 2. The van der Waals surface area contributed by atoms with E-state index in [0.717, 1.165) is 4.31 Å². The standard InChI is InChI=1S/C24H26N2O5S/c1-3-26(32(28,29)23-16-14-20(15-17-23)30-4-2)18-24(27)25-19-10-12-22(13-11-19)31-21-8-6-5-7-9-21/h5-17H,3-4,18H2,1-2H3,(H,25,27). The number of sulfonamides is 1. The van der Waals surface area contributed by atoms with E-state index < -0.39 is 15.9 Å². The number of rotatable bonds is 10. The lowest BCUT2D eigenvalue weighted by Crippen LogP contribution is -2.37. The second-order valence-electron chi connectivity index (χ2n) is 6.82. The van der Waals surface area contributed by atoms with Crippen LogP contribution in [0, 0.1) is 0 Å². The van der Waals surface area contributed by atoms with Gasteiger partial charge in [-0.3, -0.25) is 4.79 Å². The molecule has 0 saturated carbocycles. The van der Waals surface area contributed by atoms with Crippen molar-refractivity contribution < 1.29 is 22.7 Å². The number of carbonyl (C=O) groups is 1. The Bertz CT molecular complexity index is 1120. The molecule has 3 aromatic rings. The van der Waals surface area contributed by atoms with Crippen LogP contribution in [0.5, 0.6) is 17.2 Å². The van der Waals surface area contributed by atoms with Crippen LogP contribution >= 0.6 is 0 Å². The van der Waals surface area contributed by atoms with Gasteiger partial charge in [0.05, 0.1) is 18.0 Å². The summed E-state index contributed by atoms with van der Waals surface area (Å²) in [7, 11) is -3.81. The van der Waals surface area contributed by atoms with Crippen molar-refractivity contribution in [2.24, 2.45) is 0 Å². The minimum absolute atomic E-state index is 0.109. The summed E-state index contributed by atoms with van der Waals surface area (Å²) in [6.45, 7) is 3.90. The van der Waals surface area contributed by atoms with E-state index in [4.69, 9.17) is 9.47 Å². The van der Waals surface area contributed by atoms with Crippen LogP contribution in [0.4, 0.5) is 5.69 Å². The quantitative estimate of drug-likeness (QED) is 0.487. The summed E-state index contributed by atoms with van der Waals surface area (Å²) in [6, 6.07) is 22.4. The average Bonchev–Trinajstić information content (AvgIpc) is 2.80. The first kappa shape index (κ1) is 23.3. The molecule has 3 rings (SSSR count). The summed E-state index contributed by atoms with van der Waals surface area (Å²) in [4.78, 5) is 12.6. The molecule has 8 heteroatoms. The van der Waals surface area contributed by atoms with E-state index in [1.807, 2.05) is 37.3 Å². The molecule has 32 heavy (non-hydrogen) atoms. The second-order valence-corrected chi connectivity index (χ2v) is 8.76. The van der Waals surface area contributed by atoms with Gasteiger partial charge in [-0.1, -0.05) is 25.1 Å². The number of likely N-dealkylation sites (N-methyl/N-ethyl adjacent to an activating group) is 1. The highest BCUT2D eigenvalue weighted by atomic mass is 32.2. The molecule has 0 spiro atoms. The third-order valence-corrected chi connectivity index (χ3v) is 6.50. The number of nitrogens with one attached hydrogen (secondary N) is 1. The smallest absolute Gasteiger partial charge is 0.243 e. The highest BCUT2D eigenvalue weighted by Gasteiger charge is 2.25. The average molecular weight is 455 g/mol. The number of anilines is 1. The summed E-state index contributed by atoms with van der Waals surface area (Å²) in [5, 5.41) is 2.73. The maximum Gasteiger partial charge on any atom is 0.243 e. The molecule has 0 heterocycles. The Morgan fingerprint density at radius 1 is 0.844 bits per heavy atom. The van der Waals surface area contributed by atoms with E-state index in [2.05, 4.69) is 5.32 Å². The van der Waals surface area contributed by atoms with E-state index >= 15 is 0 Å². The van der Waals surface area contributed by atoms with Gasteiger partial charge in [-0.15, -0.1) is 0 Å². The molecule has 0 saturated heterocycles. The lowest BCUT2D eigenvalue weighted by Gasteiger charge is -2.20. The highest BCUT2D eigenvalue weighted by molar-refractivity contribution is 7.89. The minimum Gasteiger partial charge on any atom is -0.494 e. The van der Waals surface area contributed by atoms with Crippen molar-refractivity contribution in [2.75, 3.05) is 25.0 Å². The predicted molar refractivity (Wildman–Crippen MR) is 124 cm³/mol. The lowest BCUT2D eigenvalue weighted by atomic mass is 10.3. The Morgan fingerprint density at radius 2 is 1.44 bits per heavy atom. The number of nitrogens with zero attached hydrogens (tertiary/aromatic N) is 1. The van der Waals surface area contributed by atoms with Gasteiger partial charge in [0, 0.05) is 12.2 Å². The fraction of sp³-hybridized carbons (Fsp3) is 0.208. The van der Waals surface area contributed by atoms with Gasteiger partial charge in [-0.25, -0.2) is 8.42 Å². The maximum absolute atomic E-state index is 12.9. The van der Waals surface area contributed by atoms with Gasteiger partial charge in [-0.05, 0) is 67.6 Å². The summed E-state index contributed by atoms with van der Waals surface area (Å²) in [5.74, 6) is 1.50. The van der Waals surface area contributed by atoms with Crippen molar-refractivity contribution in [1.29, 1.82) is 0 Å². The number of amides is 1. The van der Waals surface area contributed by atoms with Crippen molar-refractivity contribution >= 4 is 21.6 Å². The minimum atomic E-state index is -3.81. The van der Waals surface area contributed by atoms with Crippen molar-refractivity contribution in [3.05, 3.63) is 78.9 Å². The van der Waals surface area contributed by atoms with E-state index in [-0.39, 0.29) is 18.0 Å². The Kier molecular flexibility index (Phi) is 7.86. The lowest BCUT2D eigenvalue weighted by molar-refractivity contribution is -0.116. The zero-order valence-electron chi connectivity index (χ0n) is 18.0. The van der Waals surface area contributed by atoms with E-state index in [1.165, 1.54) is 12.1 Å². The van der Waals surface area contributed by atoms with E-state index in [1.54, 1.807) is 43.3 Å². The van der Waals surface area contributed by atoms with E-state index in [0.29, 0.717) is 29.5 Å². The molecule has 7 nitrogen and oxygen atoms in total. The maximum atomic E-state index is 12.9. The van der Waals surface area contributed by atoms with Crippen molar-refractivity contribution in [1.82, 2.24) is 4.31 Å². The zero-order chi connectivity index (χ0) is 23.0. The van der Waals surface area contributed by atoms with Crippen LogP contribution in [0.15, 0.2) is 83.8 Å². The molecule has 0 aromatic heterocycles. The Balaban J connectivity index is 1.62. The largest absolute Gasteiger partial charge is 0.494 e. The summed E-state index contributed by atoms with van der Waals surface area (Å²) in [5.41, 5.74) is 0.546. The molecule has 0 aliphatic heterocycles. The fourth-order valence-electron chi connectivity index (χ4n) is 2.98. The van der Waals surface area contributed by atoms with Crippen LogP contribution < -0.4 is 14.8 Å². The summed E-state index contributed by atoms with van der Waals surface area (Å²) < 4.78 is 38.1. The van der Waals surface area contributed by atoms with Crippen molar-refractivity contribution in [3.8, 4) is 17.2 Å². The molecule has 0 aliphatic carbocycles. The molecule has 0 fully saturated rings. The topological polar surface area (TPSA) is 84.9 Å². The second kappa shape index (κ2) is 10.8. The van der Waals surface area contributed by atoms with Gasteiger partial charge in [-0.2, -0.15) is 4.31 Å². The van der Waals surface area contributed by atoms with Gasteiger partial charge < -0.3 is 14.8 Å². The molecule has 168 valence electrons. The molecule has 3 aromatic carbocycles. The number of hydrogen-bond acceptors (Lipinski definition) is 5. The monoisotopic (exact) mass is 454 g/mol. The number of hydrogen-bond donors (Lipinski definition) is 1. The molecule has 0 radical (unpaired) electrons. The van der Waals surface area contributed by atoms with Crippen LogP contribution in [0.2, 0.25) is 0 Å². The van der Waals surface area contributed by atoms with Gasteiger partial charge in [0.2, 0.25) is 15.9 Å². The SMILES string of the molecule is CCOc1ccc(S(=O)(=O)N(CC)CC(=O)Nc2ccc(Oc3ccccc3)cc2)cc1. The number of para-hydroxylation sites is 1. The molecular weight excluding hydrogens is 428 g/mol. The van der Waals surface area contributed by atoms with Gasteiger partial charge in [0.15, 0.2) is 0 Å². The third kappa shape index (κ3) is 6.09. The molecule has 0 atom stereocenters. The van der Waals surface area contributed by atoms with Crippen LogP contribution in [0.1, 0.15) is 13.8 Å². The fourth-order valence-corrected chi connectivity index (χ4v) is 4.39. The van der Waals surface area contributed by atoms with Gasteiger partial charge in [0.25, 0.3) is 0 Å². The van der Waals surface area contributed by atoms with Crippen LogP contribution in [0.3, 0.4) is 0 Å².